The Morgan fingerprint density at radius 1 is 1.19 bits per heavy atom. The molecule has 6 heteroatoms. The second-order valence-corrected chi connectivity index (χ2v) is 4.12. The number of aromatic nitrogens is 1. The maximum atomic E-state index is 12.1. The summed E-state index contributed by atoms with van der Waals surface area (Å²) >= 11 is 0. The van der Waals surface area contributed by atoms with Crippen LogP contribution in [0.4, 0.5) is 5.69 Å². The Morgan fingerprint density at radius 2 is 1.90 bits per heavy atom. The lowest BCUT2D eigenvalue weighted by Gasteiger charge is -2.08. The third-order valence-corrected chi connectivity index (χ3v) is 2.69. The smallest absolute Gasteiger partial charge is 0.336 e. The fourth-order valence-electron chi connectivity index (χ4n) is 1.75. The molecule has 0 aliphatic carbocycles. The summed E-state index contributed by atoms with van der Waals surface area (Å²) in [7, 11) is 0. The molecule has 108 valence electrons. The highest BCUT2D eigenvalue weighted by Crippen LogP contribution is 2.15. The topological polar surface area (TPSA) is 88.5 Å². The van der Waals surface area contributed by atoms with E-state index in [0.717, 1.165) is 0 Å². The normalized spacial score (nSPS) is 9.95. The van der Waals surface area contributed by atoms with E-state index < -0.39 is 11.9 Å². The van der Waals surface area contributed by atoms with Gasteiger partial charge in [-0.25, -0.2) is 9.78 Å². The number of hydrogen-bond donors (Lipinski definition) is 2. The maximum Gasteiger partial charge on any atom is 0.336 e. The molecule has 1 aromatic carbocycles. The minimum absolute atomic E-state index is 0.0473. The van der Waals surface area contributed by atoms with Crippen molar-refractivity contribution in [3.63, 3.8) is 0 Å². The molecule has 6 nitrogen and oxygen atoms in total. The van der Waals surface area contributed by atoms with Crippen molar-refractivity contribution in [2.24, 2.45) is 0 Å². The molecule has 1 aromatic heterocycles. The van der Waals surface area contributed by atoms with Gasteiger partial charge in [0, 0.05) is 6.07 Å². The van der Waals surface area contributed by atoms with Crippen LogP contribution in [0.1, 0.15) is 27.6 Å². The molecule has 1 heterocycles. The molecule has 0 saturated carbocycles. The number of anilines is 1. The quantitative estimate of drug-likeness (QED) is 0.881. The van der Waals surface area contributed by atoms with Crippen LogP contribution in [0, 0.1) is 0 Å². The molecule has 2 aromatic rings. The van der Waals surface area contributed by atoms with Crippen LogP contribution in [0.3, 0.4) is 0 Å². The van der Waals surface area contributed by atoms with Gasteiger partial charge in [0.2, 0.25) is 5.88 Å². The van der Waals surface area contributed by atoms with Crippen molar-refractivity contribution in [1.29, 1.82) is 0 Å². The largest absolute Gasteiger partial charge is 0.478 e. The first-order valence-corrected chi connectivity index (χ1v) is 6.34. The summed E-state index contributed by atoms with van der Waals surface area (Å²) in [4.78, 5) is 27.2. The number of carbonyl (C=O) groups is 2. The molecule has 2 rings (SSSR count). The number of amides is 1. The number of nitrogens with zero attached hydrogens (tertiary/aromatic N) is 1. The highest BCUT2D eigenvalue weighted by molar-refractivity contribution is 6.10. The summed E-state index contributed by atoms with van der Waals surface area (Å²) in [6.07, 6.45) is 1.45. The van der Waals surface area contributed by atoms with Crippen LogP contribution in [-0.2, 0) is 0 Å². The lowest BCUT2D eigenvalue weighted by atomic mass is 10.1. The van der Waals surface area contributed by atoms with E-state index in [9.17, 15) is 9.59 Å². The van der Waals surface area contributed by atoms with Gasteiger partial charge in [-0.2, -0.15) is 0 Å². The molecular weight excluding hydrogens is 272 g/mol. The number of rotatable bonds is 5. The number of aromatic carboxylic acids is 1. The van der Waals surface area contributed by atoms with Crippen molar-refractivity contribution in [3.05, 3.63) is 53.7 Å². The van der Waals surface area contributed by atoms with E-state index >= 15 is 0 Å². The first-order valence-electron chi connectivity index (χ1n) is 6.34. The van der Waals surface area contributed by atoms with Gasteiger partial charge in [0.1, 0.15) is 0 Å². The van der Waals surface area contributed by atoms with E-state index in [-0.39, 0.29) is 11.1 Å². The summed E-state index contributed by atoms with van der Waals surface area (Å²) in [5, 5.41) is 11.7. The van der Waals surface area contributed by atoms with Crippen LogP contribution in [0.25, 0.3) is 0 Å². The first kappa shape index (κ1) is 14.5. The number of carboxylic acids is 1. The number of carboxylic acid groups (broad SMARTS) is 1. The van der Waals surface area contributed by atoms with E-state index in [0.29, 0.717) is 18.2 Å². The predicted molar refractivity (Wildman–Crippen MR) is 76.8 cm³/mol. The SMILES string of the molecule is CCOc1ccc(NC(=O)c2ccccc2C(=O)O)cn1. The van der Waals surface area contributed by atoms with E-state index in [4.69, 9.17) is 9.84 Å². The number of ether oxygens (including phenoxy) is 1. The van der Waals surface area contributed by atoms with E-state index in [1.165, 1.54) is 18.3 Å². The Labute approximate surface area is 121 Å². The van der Waals surface area contributed by atoms with Crippen LogP contribution in [-0.4, -0.2) is 28.6 Å². The summed E-state index contributed by atoms with van der Waals surface area (Å²) in [5.74, 6) is -1.19. The third-order valence-electron chi connectivity index (χ3n) is 2.69. The Morgan fingerprint density at radius 3 is 2.48 bits per heavy atom. The van der Waals surface area contributed by atoms with Crippen molar-refractivity contribution >= 4 is 17.6 Å². The van der Waals surface area contributed by atoms with Gasteiger partial charge in [0.25, 0.3) is 5.91 Å². The summed E-state index contributed by atoms with van der Waals surface area (Å²) in [6.45, 7) is 2.35. The molecule has 0 unspecified atom stereocenters. The zero-order valence-electron chi connectivity index (χ0n) is 11.4. The third kappa shape index (κ3) is 3.56. The van der Waals surface area contributed by atoms with Crippen molar-refractivity contribution in [2.75, 3.05) is 11.9 Å². The Balaban J connectivity index is 2.16. The standard InChI is InChI=1S/C15H14N2O4/c1-2-21-13-8-7-10(9-16-13)17-14(18)11-5-3-4-6-12(11)15(19)20/h3-9H,2H2,1H3,(H,17,18)(H,19,20). The summed E-state index contributed by atoms with van der Waals surface area (Å²) < 4.78 is 5.20. The second-order valence-electron chi connectivity index (χ2n) is 4.12. The molecule has 0 aliphatic heterocycles. The second kappa shape index (κ2) is 6.51. The monoisotopic (exact) mass is 286 g/mol. The number of hydrogen-bond acceptors (Lipinski definition) is 4. The Hall–Kier alpha value is -2.89. The van der Waals surface area contributed by atoms with E-state index in [2.05, 4.69) is 10.3 Å². The minimum Gasteiger partial charge on any atom is -0.478 e. The molecule has 0 fully saturated rings. The molecule has 0 atom stereocenters. The summed E-state index contributed by atoms with van der Waals surface area (Å²) in [5.41, 5.74) is 0.511. The van der Waals surface area contributed by atoms with Crippen LogP contribution < -0.4 is 10.1 Å². The molecule has 0 saturated heterocycles. The molecule has 0 spiro atoms. The predicted octanol–water partition coefficient (Wildman–Crippen LogP) is 2.43. The average Bonchev–Trinajstić information content (AvgIpc) is 2.49. The fourth-order valence-corrected chi connectivity index (χ4v) is 1.75. The van der Waals surface area contributed by atoms with Gasteiger partial charge in [-0.05, 0) is 25.1 Å². The number of nitrogens with one attached hydrogen (secondary N) is 1. The van der Waals surface area contributed by atoms with E-state index in [1.807, 2.05) is 6.92 Å². The molecule has 1 amide bonds. The summed E-state index contributed by atoms with van der Waals surface area (Å²) in [6, 6.07) is 9.28. The van der Waals surface area contributed by atoms with Crippen LogP contribution in [0.15, 0.2) is 42.6 Å². The lowest BCUT2D eigenvalue weighted by Crippen LogP contribution is -2.16. The number of pyridine rings is 1. The van der Waals surface area contributed by atoms with Crippen molar-refractivity contribution < 1.29 is 19.4 Å². The van der Waals surface area contributed by atoms with Crippen molar-refractivity contribution in [1.82, 2.24) is 4.98 Å². The molecular formula is C15H14N2O4. The highest BCUT2D eigenvalue weighted by atomic mass is 16.5. The zero-order chi connectivity index (χ0) is 15.2. The maximum absolute atomic E-state index is 12.1. The van der Waals surface area contributed by atoms with Gasteiger partial charge in [0.05, 0.1) is 29.6 Å². The van der Waals surface area contributed by atoms with Gasteiger partial charge in [0.15, 0.2) is 0 Å². The number of carbonyl (C=O) groups excluding carboxylic acids is 1. The average molecular weight is 286 g/mol. The first-order chi connectivity index (χ1) is 10.1. The van der Waals surface area contributed by atoms with Crippen LogP contribution >= 0.6 is 0 Å². The van der Waals surface area contributed by atoms with Crippen molar-refractivity contribution in [3.8, 4) is 5.88 Å². The molecule has 0 bridgehead atoms. The Bertz CT molecular complexity index is 653. The van der Waals surface area contributed by atoms with Gasteiger partial charge in [-0.15, -0.1) is 0 Å². The zero-order valence-corrected chi connectivity index (χ0v) is 11.4. The van der Waals surface area contributed by atoms with Crippen LogP contribution in [0.2, 0.25) is 0 Å². The molecule has 2 N–H and O–H groups in total. The van der Waals surface area contributed by atoms with Gasteiger partial charge in [-0.1, -0.05) is 12.1 Å². The lowest BCUT2D eigenvalue weighted by molar-refractivity contribution is 0.0692. The minimum atomic E-state index is -1.15. The van der Waals surface area contributed by atoms with E-state index in [1.54, 1.807) is 24.3 Å². The highest BCUT2D eigenvalue weighted by Gasteiger charge is 2.15. The van der Waals surface area contributed by atoms with Gasteiger partial charge < -0.3 is 15.2 Å². The van der Waals surface area contributed by atoms with Crippen molar-refractivity contribution in [2.45, 2.75) is 6.92 Å². The molecule has 0 radical (unpaired) electrons. The molecule has 0 aliphatic rings. The molecule has 21 heavy (non-hydrogen) atoms. The fraction of sp³-hybridized carbons (Fsp3) is 0.133. The number of benzene rings is 1. The Kier molecular flexibility index (Phi) is 4.50. The van der Waals surface area contributed by atoms with Gasteiger partial charge >= 0.3 is 5.97 Å². The van der Waals surface area contributed by atoms with Gasteiger partial charge in [-0.3, -0.25) is 4.79 Å². The van der Waals surface area contributed by atoms with Crippen LogP contribution in [0.5, 0.6) is 5.88 Å².